The highest BCUT2D eigenvalue weighted by molar-refractivity contribution is 7.98. The molecule has 1 atom stereocenters. The molecule has 0 saturated heterocycles. The van der Waals surface area contributed by atoms with Crippen molar-refractivity contribution < 1.29 is 23.9 Å². The number of esters is 1. The van der Waals surface area contributed by atoms with Gasteiger partial charge in [0.1, 0.15) is 16.7 Å². The molecule has 1 aromatic carbocycles. The summed E-state index contributed by atoms with van der Waals surface area (Å²) in [5, 5.41) is 5.82. The number of amides is 2. The van der Waals surface area contributed by atoms with Crippen LogP contribution in [-0.2, 0) is 20.8 Å². The molecule has 0 radical (unpaired) electrons. The van der Waals surface area contributed by atoms with E-state index in [2.05, 4.69) is 22.2 Å². The predicted octanol–water partition coefficient (Wildman–Crippen LogP) is 3.59. The summed E-state index contributed by atoms with van der Waals surface area (Å²) in [4.78, 5) is 41.9. The second kappa shape index (κ2) is 12.1. The number of thioether (sulfide) groups is 1. The average molecular weight is 464 g/mol. The van der Waals surface area contributed by atoms with Crippen LogP contribution in [0.3, 0.4) is 0 Å². The van der Waals surface area contributed by atoms with E-state index in [4.69, 9.17) is 9.47 Å². The third-order valence-electron chi connectivity index (χ3n) is 3.98. The van der Waals surface area contributed by atoms with Crippen molar-refractivity contribution in [1.29, 1.82) is 0 Å². The number of nitrogens with zero attached hydrogens (tertiary/aromatic N) is 1. The predicted molar refractivity (Wildman–Crippen MR) is 122 cm³/mol. The van der Waals surface area contributed by atoms with Gasteiger partial charge in [-0.1, -0.05) is 36.9 Å². The summed E-state index contributed by atoms with van der Waals surface area (Å²) in [6.45, 7) is 5.16. The maximum Gasteiger partial charge on any atom is 0.412 e. The molecule has 1 heterocycles. The zero-order valence-corrected chi connectivity index (χ0v) is 19.2. The number of alkyl carbamates (subject to hydrolysis) is 1. The van der Waals surface area contributed by atoms with E-state index in [9.17, 15) is 14.4 Å². The van der Waals surface area contributed by atoms with Crippen molar-refractivity contribution in [3.8, 4) is 10.4 Å². The molecule has 0 aliphatic heterocycles. The van der Waals surface area contributed by atoms with E-state index in [-0.39, 0.29) is 18.0 Å². The first-order chi connectivity index (χ1) is 14.8. The number of methoxy groups -OCH3 is 1. The Balaban J connectivity index is 2.27. The Morgan fingerprint density at radius 1 is 1.26 bits per heavy atom. The van der Waals surface area contributed by atoms with E-state index in [1.165, 1.54) is 18.4 Å². The Kier molecular flexibility index (Phi) is 9.54. The van der Waals surface area contributed by atoms with Crippen molar-refractivity contribution in [2.24, 2.45) is 0 Å². The summed E-state index contributed by atoms with van der Waals surface area (Å²) in [6, 6.07) is 8.53. The van der Waals surface area contributed by atoms with Gasteiger partial charge >= 0.3 is 12.1 Å². The molecule has 0 fully saturated rings. The maximum absolute atomic E-state index is 13.0. The van der Waals surface area contributed by atoms with Gasteiger partial charge in [-0.2, -0.15) is 11.8 Å². The molecule has 0 aliphatic carbocycles. The third kappa shape index (κ3) is 7.41. The van der Waals surface area contributed by atoms with Gasteiger partial charge in [-0.25, -0.2) is 14.6 Å². The second-order valence-corrected chi connectivity index (χ2v) is 8.50. The fourth-order valence-electron chi connectivity index (χ4n) is 2.57. The standard InChI is InChI=1S/C21H25N3O5S2/c1-13(2)29-21(27)22-12-16-24-17(18(31-16)14-8-6-5-7-9-14)19(25)23-15(10-11-30-4)20(26)28-3/h5-9,15H,1,10-12H2,2-4H3,(H,22,27)(H,23,25)/t15-/m0/s1. The molecule has 0 unspecified atom stereocenters. The van der Waals surface area contributed by atoms with Gasteiger partial charge in [-0.15, -0.1) is 11.3 Å². The number of carbonyl (C=O) groups is 3. The highest BCUT2D eigenvalue weighted by Gasteiger charge is 2.26. The van der Waals surface area contributed by atoms with Gasteiger partial charge in [0.05, 0.1) is 24.3 Å². The van der Waals surface area contributed by atoms with E-state index >= 15 is 0 Å². The highest BCUT2D eigenvalue weighted by atomic mass is 32.2. The summed E-state index contributed by atoms with van der Waals surface area (Å²) in [6.07, 6.45) is 1.70. The van der Waals surface area contributed by atoms with Crippen molar-refractivity contribution in [1.82, 2.24) is 15.6 Å². The van der Waals surface area contributed by atoms with Gasteiger partial charge in [0.2, 0.25) is 0 Å². The van der Waals surface area contributed by atoms with Crippen LogP contribution in [0.15, 0.2) is 42.7 Å². The van der Waals surface area contributed by atoms with E-state index in [0.717, 1.165) is 5.56 Å². The lowest BCUT2D eigenvalue weighted by Gasteiger charge is -2.15. The lowest BCUT2D eigenvalue weighted by molar-refractivity contribution is -0.142. The smallest absolute Gasteiger partial charge is 0.412 e. The van der Waals surface area contributed by atoms with Crippen LogP contribution in [0.2, 0.25) is 0 Å². The van der Waals surface area contributed by atoms with Crippen molar-refractivity contribution in [3.05, 3.63) is 53.4 Å². The maximum atomic E-state index is 13.0. The number of benzene rings is 1. The molecule has 0 spiro atoms. The number of thiazole rings is 1. The number of allylic oxidation sites excluding steroid dienone is 1. The monoisotopic (exact) mass is 463 g/mol. The summed E-state index contributed by atoms with van der Waals surface area (Å²) in [5.74, 6) is -0.0469. The first kappa shape index (κ1) is 24.4. The van der Waals surface area contributed by atoms with Crippen LogP contribution in [0, 0.1) is 0 Å². The zero-order chi connectivity index (χ0) is 22.8. The van der Waals surface area contributed by atoms with Gasteiger partial charge in [0.15, 0.2) is 0 Å². The van der Waals surface area contributed by atoms with Gasteiger partial charge in [-0.05, 0) is 30.9 Å². The summed E-state index contributed by atoms with van der Waals surface area (Å²) in [5.41, 5.74) is 0.985. The fraction of sp³-hybridized carbons (Fsp3) is 0.333. The van der Waals surface area contributed by atoms with E-state index in [0.29, 0.717) is 22.1 Å². The van der Waals surface area contributed by atoms with Crippen molar-refractivity contribution >= 4 is 41.1 Å². The molecular formula is C21H25N3O5S2. The van der Waals surface area contributed by atoms with E-state index in [1.54, 1.807) is 18.7 Å². The van der Waals surface area contributed by atoms with Crippen LogP contribution in [-0.4, -0.2) is 48.1 Å². The number of carbonyl (C=O) groups excluding carboxylic acids is 3. The van der Waals surface area contributed by atoms with E-state index < -0.39 is 24.0 Å². The molecule has 0 saturated carbocycles. The molecule has 10 heteroatoms. The van der Waals surface area contributed by atoms with Crippen LogP contribution in [0.4, 0.5) is 4.79 Å². The Hall–Kier alpha value is -2.85. The molecule has 8 nitrogen and oxygen atoms in total. The Morgan fingerprint density at radius 2 is 1.97 bits per heavy atom. The van der Waals surface area contributed by atoms with Crippen LogP contribution in [0.25, 0.3) is 10.4 Å². The van der Waals surface area contributed by atoms with Gasteiger partial charge in [0.25, 0.3) is 5.91 Å². The molecule has 31 heavy (non-hydrogen) atoms. The van der Waals surface area contributed by atoms with Crippen LogP contribution in [0.5, 0.6) is 0 Å². The Morgan fingerprint density at radius 3 is 2.58 bits per heavy atom. The molecule has 2 N–H and O–H groups in total. The Bertz CT molecular complexity index is 930. The normalized spacial score (nSPS) is 11.3. The molecule has 2 amide bonds. The van der Waals surface area contributed by atoms with Crippen molar-refractivity contribution in [2.45, 2.75) is 25.9 Å². The first-order valence-electron chi connectivity index (χ1n) is 9.39. The second-order valence-electron chi connectivity index (χ2n) is 6.43. The number of rotatable bonds is 10. The van der Waals surface area contributed by atoms with Gasteiger partial charge in [-0.3, -0.25) is 4.79 Å². The lowest BCUT2D eigenvalue weighted by atomic mass is 10.1. The third-order valence-corrected chi connectivity index (χ3v) is 5.72. The van der Waals surface area contributed by atoms with Gasteiger partial charge < -0.3 is 20.1 Å². The molecule has 1 aromatic heterocycles. The zero-order valence-electron chi connectivity index (χ0n) is 17.6. The average Bonchev–Trinajstić information content (AvgIpc) is 3.19. The minimum Gasteiger partial charge on any atom is -0.467 e. The first-order valence-corrected chi connectivity index (χ1v) is 11.6. The molecule has 166 valence electrons. The number of aromatic nitrogens is 1. The quantitative estimate of drug-likeness (QED) is 0.410. The molecule has 2 aromatic rings. The number of hydrogen-bond acceptors (Lipinski definition) is 8. The minimum atomic E-state index is -0.776. The summed E-state index contributed by atoms with van der Waals surface area (Å²) in [7, 11) is 1.28. The van der Waals surface area contributed by atoms with Crippen molar-refractivity contribution in [2.75, 3.05) is 19.1 Å². The summed E-state index contributed by atoms with van der Waals surface area (Å²) < 4.78 is 9.68. The van der Waals surface area contributed by atoms with E-state index in [1.807, 2.05) is 36.6 Å². The molecular weight excluding hydrogens is 438 g/mol. The summed E-state index contributed by atoms with van der Waals surface area (Å²) >= 11 is 2.84. The minimum absolute atomic E-state index is 0.0802. The van der Waals surface area contributed by atoms with Crippen LogP contribution >= 0.6 is 23.1 Å². The molecule has 0 aliphatic rings. The largest absolute Gasteiger partial charge is 0.467 e. The SMILES string of the molecule is C=C(C)OC(=O)NCc1nc(C(=O)N[C@@H](CCSC)C(=O)OC)c(-c2ccccc2)s1. The highest BCUT2D eigenvalue weighted by Crippen LogP contribution is 2.30. The topological polar surface area (TPSA) is 107 Å². The number of ether oxygens (including phenoxy) is 2. The Labute approximate surface area is 189 Å². The number of nitrogens with one attached hydrogen (secondary N) is 2. The fourth-order valence-corrected chi connectivity index (χ4v) is 4.05. The van der Waals surface area contributed by atoms with Crippen molar-refractivity contribution in [3.63, 3.8) is 0 Å². The molecule has 2 rings (SSSR count). The molecule has 0 bridgehead atoms. The van der Waals surface area contributed by atoms with Gasteiger partial charge in [0, 0.05) is 0 Å². The van der Waals surface area contributed by atoms with Crippen LogP contribution < -0.4 is 10.6 Å². The van der Waals surface area contributed by atoms with Crippen LogP contribution in [0.1, 0.15) is 28.8 Å². The lowest BCUT2D eigenvalue weighted by Crippen LogP contribution is -2.42. The number of hydrogen-bond donors (Lipinski definition) is 2.